The molecule has 0 aromatic heterocycles. The van der Waals surface area contributed by atoms with E-state index in [2.05, 4.69) is 63.6 Å². The molecule has 0 rings (SSSR count). The van der Waals surface area contributed by atoms with Gasteiger partial charge in [-0.1, -0.05) is 232 Å². The summed E-state index contributed by atoms with van der Waals surface area (Å²) in [7, 11) is -4.64. The average Bonchev–Trinajstić information content (AvgIpc) is 3.28. The van der Waals surface area contributed by atoms with Crippen molar-refractivity contribution in [2.45, 2.75) is 272 Å². The van der Waals surface area contributed by atoms with E-state index in [0.717, 1.165) is 12.8 Å². The van der Waals surface area contributed by atoms with E-state index < -0.39 is 7.82 Å². The molecule has 0 aromatic rings. The maximum atomic E-state index is 8.88. The largest absolute Gasteiger partial charge is 0.466 e. The van der Waals surface area contributed by atoms with Crippen LogP contribution in [0.3, 0.4) is 0 Å². The summed E-state index contributed by atoms with van der Waals surface area (Å²) in [4.78, 5) is 39.6. The Morgan fingerprint density at radius 2 is 0.492 bits per heavy atom. The quantitative estimate of drug-likeness (QED) is 0.0173. The Labute approximate surface area is 396 Å². The molecule has 15 heteroatoms. The van der Waals surface area contributed by atoms with Gasteiger partial charge in [0.1, 0.15) is 25.0 Å². The first-order valence-electron chi connectivity index (χ1n) is 25.8. The maximum Gasteiger partial charge on any atom is 0.466 e. The molecule has 65 heavy (non-hydrogen) atoms. The third-order valence-corrected chi connectivity index (χ3v) is 10.4. The number of hydrogen-bond acceptors (Lipinski definition) is 11. The van der Waals surface area contributed by atoms with E-state index in [9.17, 15) is 0 Å². The molecule has 0 amide bonds. The molecule has 14 nitrogen and oxygen atoms in total. The Kier molecular flexibility index (Phi) is 66.4. The Balaban J connectivity index is -0.00000107. The number of phosphoric acid groups is 1. The standard InChI is InChI=1S/2C25H48O5.H3O4P/c2*1-3-5-6-7-8-9-10-11-12-13-14-15-16-17-18-19-20-21-22-23-25-27-29-30-28-26-24-4-2;1-5(2,3)4/h2*4,23-25H,3,5-22H2,1-2H3;(H3,1,2,3,4). The van der Waals surface area contributed by atoms with Gasteiger partial charge in [-0.25, -0.2) is 4.57 Å². The predicted molar refractivity (Wildman–Crippen MR) is 260 cm³/mol. The van der Waals surface area contributed by atoms with Crippen LogP contribution in [0.25, 0.3) is 0 Å². The van der Waals surface area contributed by atoms with Crippen LogP contribution in [0.15, 0.2) is 49.4 Å². The van der Waals surface area contributed by atoms with Crippen LogP contribution >= 0.6 is 7.82 Å². The van der Waals surface area contributed by atoms with Gasteiger partial charge in [-0.15, -0.1) is 0 Å². The minimum absolute atomic E-state index is 0.970. The van der Waals surface area contributed by atoms with Crippen LogP contribution in [0.1, 0.15) is 272 Å². The highest BCUT2D eigenvalue weighted by atomic mass is 31.2. The summed E-state index contributed by atoms with van der Waals surface area (Å²) >= 11 is 0. The Hall–Kier alpha value is -1.97. The summed E-state index contributed by atoms with van der Waals surface area (Å²) in [6.45, 7) is 8.13. The van der Waals surface area contributed by atoms with Crippen molar-refractivity contribution < 1.29 is 69.0 Å². The first-order valence-corrected chi connectivity index (χ1v) is 27.3. The molecule has 0 spiro atoms. The van der Waals surface area contributed by atoms with Crippen molar-refractivity contribution >= 4 is 7.82 Å². The zero-order valence-electron chi connectivity index (χ0n) is 41.8. The molecule has 0 bridgehead atoms. The Morgan fingerprint density at radius 3 is 0.692 bits per heavy atom. The first kappa shape index (κ1) is 67.3. The predicted octanol–water partition coefficient (Wildman–Crippen LogP) is 17.5. The van der Waals surface area contributed by atoms with Crippen LogP contribution in [-0.2, 0) is 54.3 Å². The molecule has 0 unspecified atom stereocenters. The molecule has 0 aliphatic rings. The minimum Gasteiger partial charge on any atom is -0.314 e. The number of hydrogen-bond donors (Lipinski definition) is 3. The second kappa shape index (κ2) is 64.1. The van der Waals surface area contributed by atoms with Gasteiger partial charge in [0, 0.05) is 30.2 Å². The van der Waals surface area contributed by atoms with E-state index in [1.165, 1.54) is 256 Å². The second-order valence-electron chi connectivity index (χ2n) is 16.6. The van der Waals surface area contributed by atoms with Crippen molar-refractivity contribution in [1.29, 1.82) is 0 Å². The van der Waals surface area contributed by atoms with Crippen LogP contribution in [-0.4, -0.2) is 14.7 Å². The fourth-order valence-electron chi connectivity index (χ4n) is 6.83. The molecule has 388 valence electrons. The zero-order chi connectivity index (χ0) is 48.1. The van der Waals surface area contributed by atoms with Gasteiger partial charge >= 0.3 is 7.82 Å². The van der Waals surface area contributed by atoms with Crippen LogP contribution in [0.2, 0.25) is 0 Å². The third-order valence-electron chi connectivity index (χ3n) is 10.4. The van der Waals surface area contributed by atoms with Gasteiger partial charge < -0.3 is 34.2 Å². The van der Waals surface area contributed by atoms with Crippen molar-refractivity contribution in [3.8, 4) is 0 Å². The van der Waals surface area contributed by atoms with E-state index in [1.54, 1.807) is 26.0 Å². The lowest BCUT2D eigenvalue weighted by molar-refractivity contribution is -0.692. The lowest BCUT2D eigenvalue weighted by Crippen LogP contribution is -1.93. The van der Waals surface area contributed by atoms with Gasteiger partial charge in [0.05, 0.1) is 0 Å². The molecule has 0 aliphatic heterocycles. The Morgan fingerprint density at radius 1 is 0.308 bits per heavy atom. The average molecular weight is 955 g/mol. The van der Waals surface area contributed by atoms with E-state index in [1.807, 2.05) is 12.2 Å². The first-order chi connectivity index (χ1) is 31.8. The summed E-state index contributed by atoms with van der Waals surface area (Å²) < 4.78 is 8.88. The molecular weight excluding hydrogens is 856 g/mol. The number of allylic oxidation sites excluding steroid dienone is 4. The van der Waals surface area contributed by atoms with E-state index in [0.29, 0.717) is 0 Å². The molecule has 0 saturated carbocycles. The van der Waals surface area contributed by atoms with Crippen molar-refractivity contribution in [3.63, 3.8) is 0 Å². The zero-order valence-corrected chi connectivity index (χ0v) is 42.7. The van der Waals surface area contributed by atoms with Gasteiger partial charge in [0.25, 0.3) is 0 Å². The summed E-state index contributed by atoms with van der Waals surface area (Å²) in [5.41, 5.74) is 0. The van der Waals surface area contributed by atoms with Crippen LogP contribution < -0.4 is 0 Å². The van der Waals surface area contributed by atoms with Gasteiger partial charge in [-0.2, -0.15) is 0 Å². The lowest BCUT2D eigenvalue weighted by atomic mass is 10.0. The normalized spacial score (nSPS) is 11.7. The summed E-state index contributed by atoms with van der Waals surface area (Å²) in [6.07, 6.45) is 64.7. The molecule has 0 saturated heterocycles. The fourth-order valence-corrected chi connectivity index (χ4v) is 6.83. The minimum atomic E-state index is -4.64. The number of unbranched alkanes of at least 4 members (excludes halogenated alkanes) is 36. The van der Waals surface area contributed by atoms with Crippen LogP contribution in [0.5, 0.6) is 0 Å². The van der Waals surface area contributed by atoms with E-state index in [4.69, 9.17) is 19.2 Å². The van der Waals surface area contributed by atoms with Crippen molar-refractivity contribution in [2.75, 3.05) is 0 Å². The summed E-state index contributed by atoms with van der Waals surface area (Å²) in [5, 5.41) is 25.1. The van der Waals surface area contributed by atoms with Gasteiger partial charge in [0.2, 0.25) is 0 Å². The highest BCUT2D eigenvalue weighted by Gasteiger charge is 2.00. The molecule has 0 radical (unpaired) electrons. The molecule has 0 aromatic carbocycles. The Bertz CT molecular complexity index is 932. The van der Waals surface area contributed by atoms with E-state index in [-0.39, 0.29) is 0 Å². The van der Waals surface area contributed by atoms with Gasteiger partial charge in [-0.3, -0.25) is 0 Å². The molecule has 0 atom stereocenters. The molecule has 3 N–H and O–H groups in total. The topological polar surface area (TPSA) is 170 Å². The molecular formula is C50H99O14P. The monoisotopic (exact) mass is 955 g/mol. The SMILES string of the molecule is CC=COOOOOC=CCCCCCCCCCCCCCCCCCCCC.CC=COOOOOC=CCCCCCCCCCCCCCCCCCCCC.O=P(O)(O)O. The fraction of sp³-hybridized carbons (Fsp3) is 0.840. The van der Waals surface area contributed by atoms with Crippen LogP contribution in [0, 0.1) is 0 Å². The van der Waals surface area contributed by atoms with Crippen molar-refractivity contribution in [1.82, 2.24) is 0 Å². The number of rotatable bonds is 50. The molecule has 0 aliphatic carbocycles. The van der Waals surface area contributed by atoms with E-state index >= 15 is 0 Å². The molecule has 0 heterocycles. The molecule has 0 fully saturated rings. The van der Waals surface area contributed by atoms with Gasteiger partial charge in [0.15, 0.2) is 0 Å². The summed E-state index contributed by atoms with van der Waals surface area (Å²) in [6, 6.07) is 0. The van der Waals surface area contributed by atoms with Crippen LogP contribution in [0.4, 0.5) is 0 Å². The second-order valence-corrected chi connectivity index (χ2v) is 17.6. The van der Waals surface area contributed by atoms with Gasteiger partial charge in [-0.05, 0) is 63.8 Å². The smallest absolute Gasteiger partial charge is 0.314 e. The van der Waals surface area contributed by atoms with Crippen molar-refractivity contribution in [2.24, 2.45) is 0 Å². The third kappa shape index (κ3) is 82.6. The maximum absolute atomic E-state index is 8.88. The highest BCUT2D eigenvalue weighted by molar-refractivity contribution is 7.45. The van der Waals surface area contributed by atoms with Crippen molar-refractivity contribution in [3.05, 3.63) is 49.4 Å². The summed E-state index contributed by atoms with van der Waals surface area (Å²) in [5.74, 6) is 0. The highest BCUT2D eigenvalue weighted by Crippen LogP contribution is 2.26. The lowest BCUT2D eigenvalue weighted by Gasteiger charge is -2.03.